The van der Waals surface area contributed by atoms with Crippen molar-refractivity contribution in [3.05, 3.63) is 63.1 Å². The average molecular weight is 327 g/mol. The molecular weight excluding hydrogens is 314 g/mol. The SMILES string of the molecule is Cc1ccc(C)c(OCc2c(F)ccc(Br)c2F)c1. The number of halogens is 3. The monoisotopic (exact) mass is 326 g/mol. The summed E-state index contributed by atoms with van der Waals surface area (Å²) in [6.07, 6.45) is 0. The lowest BCUT2D eigenvalue weighted by atomic mass is 10.1. The van der Waals surface area contributed by atoms with E-state index in [1.165, 1.54) is 12.1 Å². The van der Waals surface area contributed by atoms with E-state index in [1.807, 2.05) is 32.0 Å². The van der Waals surface area contributed by atoms with Gasteiger partial charge in [0.05, 0.1) is 10.0 Å². The number of ether oxygens (including phenoxy) is 1. The summed E-state index contributed by atoms with van der Waals surface area (Å²) in [5, 5.41) is 0. The van der Waals surface area contributed by atoms with Gasteiger partial charge in [-0.3, -0.25) is 0 Å². The number of aryl methyl sites for hydroxylation is 2. The quantitative estimate of drug-likeness (QED) is 0.727. The third-order valence-electron chi connectivity index (χ3n) is 2.85. The molecular formula is C15H13BrF2O. The summed E-state index contributed by atoms with van der Waals surface area (Å²) in [4.78, 5) is 0. The molecule has 0 atom stereocenters. The van der Waals surface area contributed by atoms with E-state index in [9.17, 15) is 8.78 Å². The zero-order valence-electron chi connectivity index (χ0n) is 10.6. The Labute approximate surface area is 119 Å². The van der Waals surface area contributed by atoms with E-state index in [0.29, 0.717) is 5.75 Å². The second kappa shape index (κ2) is 5.70. The fourth-order valence-corrected chi connectivity index (χ4v) is 2.09. The van der Waals surface area contributed by atoms with E-state index < -0.39 is 11.6 Å². The van der Waals surface area contributed by atoms with Gasteiger partial charge in [0.2, 0.25) is 0 Å². The zero-order chi connectivity index (χ0) is 14.0. The second-order valence-corrected chi connectivity index (χ2v) is 5.23. The molecule has 4 heteroatoms. The Morgan fingerprint density at radius 1 is 1.11 bits per heavy atom. The lowest BCUT2D eigenvalue weighted by Gasteiger charge is -2.11. The number of hydrogen-bond donors (Lipinski definition) is 0. The Hall–Kier alpha value is -1.42. The average Bonchev–Trinajstić information content (AvgIpc) is 2.38. The van der Waals surface area contributed by atoms with Crippen molar-refractivity contribution in [2.24, 2.45) is 0 Å². The van der Waals surface area contributed by atoms with Gasteiger partial charge in [-0.1, -0.05) is 12.1 Å². The Morgan fingerprint density at radius 2 is 1.84 bits per heavy atom. The van der Waals surface area contributed by atoms with Crippen molar-refractivity contribution in [2.75, 3.05) is 0 Å². The predicted octanol–water partition coefficient (Wildman–Crippen LogP) is 4.92. The van der Waals surface area contributed by atoms with Crippen LogP contribution in [0, 0.1) is 25.5 Å². The molecule has 0 aliphatic rings. The Morgan fingerprint density at radius 3 is 2.58 bits per heavy atom. The molecule has 19 heavy (non-hydrogen) atoms. The molecule has 0 unspecified atom stereocenters. The van der Waals surface area contributed by atoms with Crippen LogP contribution in [0.2, 0.25) is 0 Å². The molecule has 0 N–H and O–H groups in total. The molecule has 0 saturated heterocycles. The van der Waals surface area contributed by atoms with Crippen molar-refractivity contribution >= 4 is 15.9 Å². The molecule has 2 aromatic rings. The molecule has 0 aliphatic carbocycles. The molecule has 100 valence electrons. The van der Waals surface area contributed by atoms with Gasteiger partial charge >= 0.3 is 0 Å². The van der Waals surface area contributed by atoms with Crippen LogP contribution in [0.4, 0.5) is 8.78 Å². The molecule has 0 aromatic heterocycles. The summed E-state index contributed by atoms with van der Waals surface area (Å²) in [5.41, 5.74) is 1.90. The molecule has 0 radical (unpaired) electrons. The molecule has 2 aromatic carbocycles. The second-order valence-electron chi connectivity index (χ2n) is 4.38. The highest BCUT2D eigenvalue weighted by atomic mass is 79.9. The summed E-state index contributed by atoms with van der Waals surface area (Å²) >= 11 is 3.04. The maximum Gasteiger partial charge on any atom is 0.146 e. The highest BCUT2D eigenvalue weighted by Crippen LogP contribution is 2.25. The van der Waals surface area contributed by atoms with Gasteiger partial charge in [-0.05, 0) is 59.1 Å². The van der Waals surface area contributed by atoms with Crippen LogP contribution in [0.5, 0.6) is 5.75 Å². The van der Waals surface area contributed by atoms with Crippen LogP contribution in [0.3, 0.4) is 0 Å². The minimum atomic E-state index is -0.620. The Kier molecular flexibility index (Phi) is 4.20. The highest BCUT2D eigenvalue weighted by molar-refractivity contribution is 9.10. The third kappa shape index (κ3) is 3.13. The van der Waals surface area contributed by atoms with Crippen molar-refractivity contribution in [2.45, 2.75) is 20.5 Å². The van der Waals surface area contributed by atoms with Crippen LogP contribution in [0.1, 0.15) is 16.7 Å². The largest absolute Gasteiger partial charge is 0.488 e. The van der Waals surface area contributed by atoms with Crippen LogP contribution < -0.4 is 4.74 Å². The number of hydrogen-bond acceptors (Lipinski definition) is 1. The van der Waals surface area contributed by atoms with E-state index in [2.05, 4.69) is 15.9 Å². The fraction of sp³-hybridized carbons (Fsp3) is 0.200. The predicted molar refractivity (Wildman–Crippen MR) is 74.3 cm³/mol. The maximum atomic E-state index is 13.8. The minimum absolute atomic E-state index is 0.0738. The molecule has 0 aliphatic heterocycles. The van der Waals surface area contributed by atoms with E-state index in [-0.39, 0.29) is 16.6 Å². The van der Waals surface area contributed by atoms with Crippen molar-refractivity contribution < 1.29 is 13.5 Å². The van der Waals surface area contributed by atoms with E-state index in [1.54, 1.807) is 0 Å². The molecule has 0 amide bonds. The summed E-state index contributed by atoms with van der Waals surface area (Å²) in [5.74, 6) is -0.588. The molecule has 0 fully saturated rings. The van der Waals surface area contributed by atoms with Crippen molar-refractivity contribution in [3.8, 4) is 5.75 Å². The van der Waals surface area contributed by atoms with Crippen LogP contribution in [0.15, 0.2) is 34.8 Å². The Balaban J connectivity index is 2.24. The zero-order valence-corrected chi connectivity index (χ0v) is 12.2. The van der Waals surface area contributed by atoms with Gasteiger partial charge in [0.1, 0.15) is 24.0 Å². The minimum Gasteiger partial charge on any atom is -0.488 e. The first kappa shape index (κ1) is 14.0. The lowest BCUT2D eigenvalue weighted by Crippen LogP contribution is -2.03. The molecule has 0 bridgehead atoms. The molecule has 0 spiro atoms. The van der Waals surface area contributed by atoms with Crippen molar-refractivity contribution in [3.63, 3.8) is 0 Å². The van der Waals surface area contributed by atoms with Crippen LogP contribution in [0.25, 0.3) is 0 Å². The van der Waals surface area contributed by atoms with E-state index in [4.69, 9.17) is 4.74 Å². The summed E-state index contributed by atoms with van der Waals surface area (Å²) < 4.78 is 33.1. The normalized spacial score (nSPS) is 10.6. The number of rotatable bonds is 3. The van der Waals surface area contributed by atoms with Gasteiger partial charge < -0.3 is 4.74 Å². The topological polar surface area (TPSA) is 9.23 Å². The number of benzene rings is 2. The molecule has 0 saturated carbocycles. The third-order valence-corrected chi connectivity index (χ3v) is 3.47. The molecule has 0 heterocycles. The molecule has 1 nitrogen and oxygen atoms in total. The van der Waals surface area contributed by atoms with E-state index >= 15 is 0 Å². The highest BCUT2D eigenvalue weighted by Gasteiger charge is 2.13. The first-order valence-corrected chi connectivity index (χ1v) is 6.61. The molecule has 2 rings (SSSR count). The van der Waals surface area contributed by atoms with E-state index in [0.717, 1.165) is 11.1 Å². The van der Waals surface area contributed by atoms with Gasteiger partial charge in [0, 0.05) is 0 Å². The lowest BCUT2D eigenvalue weighted by molar-refractivity contribution is 0.290. The van der Waals surface area contributed by atoms with Gasteiger partial charge in [-0.15, -0.1) is 0 Å². The summed E-state index contributed by atoms with van der Waals surface area (Å²) in [6.45, 7) is 3.69. The summed E-state index contributed by atoms with van der Waals surface area (Å²) in [7, 11) is 0. The van der Waals surface area contributed by atoms with Crippen molar-refractivity contribution in [1.29, 1.82) is 0 Å². The van der Waals surface area contributed by atoms with Crippen LogP contribution >= 0.6 is 15.9 Å². The standard InChI is InChI=1S/C15H13BrF2O/c1-9-3-4-10(2)14(7-9)19-8-11-13(17)6-5-12(16)15(11)18/h3-7H,8H2,1-2H3. The van der Waals surface area contributed by atoms with Gasteiger partial charge in [0.25, 0.3) is 0 Å². The first-order chi connectivity index (χ1) is 8.99. The van der Waals surface area contributed by atoms with Gasteiger partial charge in [-0.2, -0.15) is 0 Å². The maximum absolute atomic E-state index is 13.8. The smallest absolute Gasteiger partial charge is 0.146 e. The van der Waals surface area contributed by atoms with Gasteiger partial charge in [-0.25, -0.2) is 8.78 Å². The Bertz CT molecular complexity index is 611. The van der Waals surface area contributed by atoms with Crippen LogP contribution in [-0.2, 0) is 6.61 Å². The first-order valence-electron chi connectivity index (χ1n) is 5.81. The van der Waals surface area contributed by atoms with Crippen LogP contribution in [-0.4, -0.2) is 0 Å². The van der Waals surface area contributed by atoms with Crippen molar-refractivity contribution in [1.82, 2.24) is 0 Å². The summed E-state index contributed by atoms with van der Waals surface area (Å²) in [6, 6.07) is 8.28. The fourth-order valence-electron chi connectivity index (χ4n) is 1.71. The van der Waals surface area contributed by atoms with Gasteiger partial charge in [0.15, 0.2) is 0 Å².